The molecule has 1 fully saturated rings. The zero-order valence-electron chi connectivity index (χ0n) is 13.6. The minimum atomic E-state index is -0.361. The molecular formula is C19H23ClN2O2. The van der Waals surface area contributed by atoms with E-state index in [0.717, 1.165) is 18.7 Å². The molecular weight excluding hydrogens is 324 g/mol. The molecule has 0 spiro atoms. The van der Waals surface area contributed by atoms with Crippen LogP contribution in [-0.2, 0) is 12.0 Å². The van der Waals surface area contributed by atoms with Gasteiger partial charge in [-0.05, 0) is 24.0 Å². The summed E-state index contributed by atoms with van der Waals surface area (Å²) < 4.78 is 0. The van der Waals surface area contributed by atoms with Crippen molar-refractivity contribution < 1.29 is 4.92 Å². The third kappa shape index (κ3) is 4.13. The van der Waals surface area contributed by atoms with Gasteiger partial charge in [-0.1, -0.05) is 55.3 Å². The smallest absolute Gasteiger partial charge is 0.269 e. The highest BCUT2D eigenvalue weighted by atomic mass is 35.5. The molecule has 0 heterocycles. The highest BCUT2D eigenvalue weighted by Gasteiger charge is 2.34. The van der Waals surface area contributed by atoms with Crippen molar-refractivity contribution in [3.63, 3.8) is 0 Å². The standard InChI is InChI=1S/C19H22N2O2.ClH/c22-21(23)18-10-8-16(9-11-18)14-20-15-19(12-4-5-13-19)17-6-2-1-3-7-17;/h1-3,6-11,20H,4-5,12-15H2;1H. The van der Waals surface area contributed by atoms with Crippen LogP contribution in [0.5, 0.6) is 0 Å². The van der Waals surface area contributed by atoms with Crippen molar-refractivity contribution in [1.82, 2.24) is 5.32 Å². The Kier molecular flexibility index (Phi) is 6.35. The van der Waals surface area contributed by atoms with Gasteiger partial charge in [-0.25, -0.2) is 0 Å². The van der Waals surface area contributed by atoms with Gasteiger partial charge in [-0.15, -0.1) is 12.4 Å². The lowest BCUT2D eigenvalue weighted by atomic mass is 9.79. The van der Waals surface area contributed by atoms with Gasteiger partial charge in [0, 0.05) is 30.6 Å². The molecule has 0 saturated heterocycles. The van der Waals surface area contributed by atoms with Crippen LogP contribution in [0, 0.1) is 10.1 Å². The molecule has 1 N–H and O–H groups in total. The van der Waals surface area contributed by atoms with Gasteiger partial charge in [0.05, 0.1) is 4.92 Å². The molecule has 0 aromatic heterocycles. The molecule has 0 bridgehead atoms. The first kappa shape index (κ1) is 18.4. The van der Waals surface area contributed by atoms with Crippen molar-refractivity contribution in [1.29, 1.82) is 0 Å². The highest BCUT2D eigenvalue weighted by Crippen LogP contribution is 2.40. The zero-order chi connectivity index (χ0) is 16.1. The molecule has 2 aromatic carbocycles. The number of hydrogen-bond acceptors (Lipinski definition) is 3. The van der Waals surface area contributed by atoms with E-state index in [1.54, 1.807) is 12.1 Å². The highest BCUT2D eigenvalue weighted by molar-refractivity contribution is 5.85. The molecule has 0 radical (unpaired) electrons. The van der Waals surface area contributed by atoms with Crippen LogP contribution in [0.25, 0.3) is 0 Å². The van der Waals surface area contributed by atoms with Crippen LogP contribution in [0.15, 0.2) is 54.6 Å². The molecule has 3 rings (SSSR count). The fourth-order valence-electron chi connectivity index (χ4n) is 3.59. The molecule has 128 valence electrons. The third-order valence-corrected chi connectivity index (χ3v) is 4.89. The molecule has 0 atom stereocenters. The van der Waals surface area contributed by atoms with Crippen LogP contribution < -0.4 is 5.32 Å². The SMILES string of the molecule is Cl.O=[N+]([O-])c1ccc(CNCC2(c3ccccc3)CCCC2)cc1. The number of hydrogen-bond donors (Lipinski definition) is 1. The fraction of sp³-hybridized carbons (Fsp3) is 0.368. The van der Waals surface area contributed by atoms with Crippen molar-refractivity contribution in [3.05, 3.63) is 75.8 Å². The number of rotatable bonds is 6. The molecule has 2 aromatic rings. The number of nitrogens with zero attached hydrogens (tertiary/aromatic N) is 1. The van der Waals surface area contributed by atoms with Gasteiger partial charge in [0.1, 0.15) is 0 Å². The average molecular weight is 347 g/mol. The second-order valence-electron chi connectivity index (χ2n) is 6.38. The van der Waals surface area contributed by atoms with Crippen LogP contribution in [-0.4, -0.2) is 11.5 Å². The first-order valence-corrected chi connectivity index (χ1v) is 8.19. The predicted octanol–water partition coefficient (Wildman–Crippen LogP) is 4.62. The summed E-state index contributed by atoms with van der Waals surface area (Å²) in [6, 6.07) is 17.6. The Morgan fingerprint density at radius 3 is 2.21 bits per heavy atom. The van der Waals surface area contributed by atoms with Gasteiger partial charge in [-0.2, -0.15) is 0 Å². The maximum Gasteiger partial charge on any atom is 0.269 e. The second-order valence-corrected chi connectivity index (χ2v) is 6.38. The minimum absolute atomic E-state index is 0. The number of nitro groups is 1. The Labute approximate surface area is 148 Å². The van der Waals surface area contributed by atoms with Crippen molar-refractivity contribution in [2.24, 2.45) is 0 Å². The second kappa shape index (κ2) is 8.27. The monoisotopic (exact) mass is 346 g/mol. The molecule has 0 aliphatic heterocycles. The first-order valence-electron chi connectivity index (χ1n) is 8.19. The van der Waals surface area contributed by atoms with Crippen LogP contribution >= 0.6 is 12.4 Å². The lowest BCUT2D eigenvalue weighted by molar-refractivity contribution is -0.384. The average Bonchev–Trinajstić information content (AvgIpc) is 3.06. The number of non-ortho nitro benzene ring substituents is 1. The van der Waals surface area contributed by atoms with Gasteiger partial charge < -0.3 is 5.32 Å². The molecule has 1 saturated carbocycles. The predicted molar refractivity (Wildman–Crippen MR) is 98.6 cm³/mol. The minimum Gasteiger partial charge on any atom is -0.312 e. The number of benzene rings is 2. The van der Waals surface area contributed by atoms with E-state index in [9.17, 15) is 10.1 Å². The lowest BCUT2D eigenvalue weighted by Crippen LogP contribution is -2.35. The van der Waals surface area contributed by atoms with E-state index in [1.807, 2.05) is 12.1 Å². The largest absolute Gasteiger partial charge is 0.312 e. The maximum absolute atomic E-state index is 10.7. The van der Waals surface area contributed by atoms with Crippen molar-refractivity contribution in [3.8, 4) is 0 Å². The summed E-state index contributed by atoms with van der Waals surface area (Å²) in [4.78, 5) is 10.3. The van der Waals surface area contributed by atoms with Crippen molar-refractivity contribution in [2.45, 2.75) is 37.6 Å². The van der Waals surface area contributed by atoms with E-state index < -0.39 is 0 Å². The molecule has 1 aliphatic rings. The van der Waals surface area contributed by atoms with E-state index >= 15 is 0 Å². The van der Waals surface area contributed by atoms with Crippen LogP contribution in [0.4, 0.5) is 5.69 Å². The van der Waals surface area contributed by atoms with Crippen LogP contribution in [0.3, 0.4) is 0 Å². The summed E-state index contributed by atoms with van der Waals surface area (Å²) in [6.45, 7) is 1.70. The summed E-state index contributed by atoms with van der Waals surface area (Å²) in [5, 5.41) is 14.3. The number of nitro benzene ring substituents is 1. The summed E-state index contributed by atoms with van der Waals surface area (Å²) in [6.07, 6.45) is 5.02. The summed E-state index contributed by atoms with van der Waals surface area (Å²) in [5.41, 5.74) is 2.89. The molecule has 1 aliphatic carbocycles. The third-order valence-electron chi connectivity index (χ3n) is 4.89. The molecule has 4 nitrogen and oxygen atoms in total. The summed E-state index contributed by atoms with van der Waals surface area (Å²) in [5.74, 6) is 0. The van der Waals surface area contributed by atoms with Crippen molar-refractivity contribution in [2.75, 3.05) is 6.54 Å². The van der Waals surface area contributed by atoms with E-state index in [0.29, 0.717) is 0 Å². The Morgan fingerprint density at radius 1 is 1.00 bits per heavy atom. The van der Waals surface area contributed by atoms with Gasteiger partial charge in [-0.3, -0.25) is 10.1 Å². The topological polar surface area (TPSA) is 55.2 Å². The van der Waals surface area contributed by atoms with Crippen molar-refractivity contribution >= 4 is 18.1 Å². The van der Waals surface area contributed by atoms with E-state index in [2.05, 4.69) is 35.6 Å². The van der Waals surface area contributed by atoms with Gasteiger partial charge >= 0.3 is 0 Å². The molecule has 0 amide bonds. The molecule has 0 unspecified atom stereocenters. The molecule has 5 heteroatoms. The van der Waals surface area contributed by atoms with E-state index in [-0.39, 0.29) is 28.4 Å². The Bertz CT molecular complexity index is 653. The van der Waals surface area contributed by atoms with E-state index in [4.69, 9.17) is 0 Å². The molecule has 24 heavy (non-hydrogen) atoms. The lowest BCUT2D eigenvalue weighted by Gasteiger charge is -2.30. The number of nitrogens with one attached hydrogen (secondary N) is 1. The summed E-state index contributed by atoms with van der Waals surface area (Å²) >= 11 is 0. The maximum atomic E-state index is 10.7. The van der Waals surface area contributed by atoms with Gasteiger partial charge in [0.25, 0.3) is 5.69 Å². The normalized spacial score (nSPS) is 15.7. The van der Waals surface area contributed by atoms with Gasteiger partial charge in [0.2, 0.25) is 0 Å². The zero-order valence-corrected chi connectivity index (χ0v) is 14.4. The van der Waals surface area contributed by atoms with E-state index in [1.165, 1.54) is 31.2 Å². The number of halogens is 1. The van der Waals surface area contributed by atoms with Crippen LogP contribution in [0.1, 0.15) is 36.8 Å². The summed E-state index contributed by atoms with van der Waals surface area (Å²) in [7, 11) is 0. The quantitative estimate of drug-likeness (QED) is 0.613. The van der Waals surface area contributed by atoms with Crippen LogP contribution in [0.2, 0.25) is 0 Å². The Balaban J connectivity index is 0.00000208. The fourth-order valence-corrected chi connectivity index (χ4v) is 3.59. The Hall–Kier alpha value is -1.91. The Morgan fingerprint density at radius 2 is 1.62 bits per heavy atom. The van der Waals surface area contributed by atoms with Gasteiger partial charge in [0.15, 0.2) is 0 Å². The first-order chi connectivity index (χ1) is 11.2.